The maximum atomic E-state index is 13.7. The Kier molecular flexibility index (Phi) is 3.45. The van der Waals surface area contributed by atoms with E-state index in [0.717, 1.165) is 18.9 Å². The molecule has 6 heteroatoms. The van der Waals surface area contributed by atoms with Crippen molar-refractivity contribution in [2.24, 2.45) is 0 Å². The molecular formula is C15H13ClFNO3. The lowest BCUT2D eigenvalue weighted by Crippen LogP contribution is -2.27. The first-order chi connectivity index (χ1) is 10.0. The van der Waals surface area contributed by atoms with Gasteiger partial charge >= 0.3 is 5.97 Å². The number of rotatable bonds is 1. The van der Waals surface area contributed by atoms with Gasteiger partial charge in [0, 0.05) is 17.6 Å². The molecule has 0 aliphatic carbocycles. The van der Waals surface area contributed by atoms with E-state index in [2.05, 4.69) is 0 Å². The number of nitrogens with zero attached hydrogens (tertiary/aromatic N) is 1. The Balaban J connectivity index is 2.48. The van der Waals surface area contributed by atoms with Crippen molar-refractivity contribution in [1.82, 2.24) is 4.57 Å². The summed E-state index contributed by atoms with van der Waals surface area (Å²) < 4.78 is 20.3. The van der Waals surface area contributed by atoms with Gasteiger partial charge in [0.15, 0.2) is 0 Å². The number of halogens is 2. The third-order valence-electron chi connectivity index (χ3n) is 3.85. The number of ether oxygens (including phenoxy) is 1. The lowest BCUT2D eigenvalue weighted by atomic mass is 9.99. The van der Waals surface area contributed by atoms with E-state index < -0.39 is 17.2 Å². The second-order valence-corrected chi connectivity index (χ2v) is 5.44. The summed E-state index contributed by atoms with van der Waals surface area (Å²) in [6, 6.07) is 2.54. The molecule has 1 aromatic carbocycles. The van der Waals surface area contributed by atoms with E-state index in [1.54, 1.807) is 0 Å². The maximum Gasteiger partial charge on any atom is 0.343 e. The molecule has 2 heterocycles. The van der Waals surface area contributed by atoms with Gasteiger partial charge < -0.3 is 9.30 Å². The zero-order valence-corrected chi connectivity index (χ0v) is 12.2. The highest BCUT2D eigenvalue weighted by atomic mass is 35.5. The van der Waals surface area contributed by atoms with Crippen LogP contribution in [0.4, 0.5) is 4.39 Å². The second-order valence-electron chi connectivity index (χ2n) is 5.03. The Hall–Kier alpha value is -1.88. The van der Waals surface area contributed by atoms with Crippen LogP contribution in [0.1, 0.15) is 28.9 Å². The van der Waals surface area contributed by atoms with E-state index >= 15 is 0 Å². The molecule has 0 radical (unpaired) electrons. The minimum atomic E-state index is -0.678. The molecule has 0 N–H and O–H groups in total. The van der Waals surface area contributed by atoms with Crippen LogP contribution in [-0.2, 0) is 17.7 Å². The first-order valence-corrected chi connectivity index (χ1v) is 7.05. The zero-order valence-electron chi connectivity index (χ0n) is 11.4. The van der Waals surface area contributed by atoms with Crippen LogP contribution in [0.5, 0.6) is 0 Å². The third-order valence-corrected chi connectivity index (χ3v) is 4.14. The zero-order chi connectivity index (χ0) is 15.1. The fraction of sp³-hybridized carbons (Fsp3) is 0.333. The number of methoxy groups -OCH3 is 1. The van der Waals surface area contributed by atoms with Crippen molar-refractivity contribution in [3.8, 4) is 0 Å². The quantitative estimate of drug-likeness (QED) is 0.761. The van der Waals surface area contributed by atoms with Crippen molar-refractivity contribution in [3.63, 3.8) is 0 Å². The SMILES string of the molecule is COC(=O)c1c2n(c3cc(Cl)c(F)cc3c1=O)CCCC2. The summed E-state index contributed by atoms with van der Waals surface area (Å²) in [5.74, 6) is -1.35. The van der Waals surface area contributed by atoms with E-state index in [9.17, 15) is 14.0 Å². The normalized spacial score (nSPS) is 14.0. The summed E-state index contributed by atoms with van der Waals surface area (Å²) in [6.07, 6.45) is 2.44. The van der Waals surface area contributed by atoms with Crippen molar-refractivity contribution in [2.75, 3.05) is 7.11 Å². The Morgan fingerprint density at radius 1 is 1.38 bits per heavy atom. The molecular weight excluding hydrogens is 297 g/mol. The van der Waals surface area contributed by atoms with Gasteiger partial charge in [-0.05, 0) is 31.4 Å². The van der Waals surface area contributed by atoms with Crippen LogP contribution in [0, 0.1) is 5.82 Å². The summed E-state index contributed by atoms with van der Waals surface area (Å²) in [5.41, 5.74) is 0.717. The first kappa shape index (κ1) is 14.1. The molecule has 0 unspecified atom stereocenters. The van der Waals surface area contributed by atoms with E-state index in [0.29, 0.717) is 24.2 Å². The standard InChI is InChI=1S/C15H13ClFNO3/c1-21-15(20)13-11-4-2-3-5-18(11)12-7-9(16)10(17)6-8(12)14(13)19/h6-7H,2-5H2,1H3. The van der Waals surface area contributed by atoms with Gasteiger partial charge in [0.05, 0.1) is 17.6 Å². The second kappa shape index (κ2) is 5.15. The van der Waals surface area contributed by atoms with Gasteiger partial charge in [-0.3, -0.25) is 4.79 Å². The van der Waals surface area contributed by atoms with Crippen molar-refractivity contribution in [1.29, 1.82) is 0 Å². The first-order valence-electron chi connectivity index (χ1n) is 6.67. The molecule has 0 atom stereocenters. The number of fused-ring (bicyclic) bond motifs is 3. The number of esters is 1. The van der Waals surface area contributed by atoms with Gasteiger partial charge in [-0.15, -0.1) is 0 Å². The summed E-state index contributed by atoms with van der Waals surface area (Å²) in [6.45, 7) is 0.665. The molecule has 110 valence electrons. The predicted octanol–water partition coefficient (Wildman–Crippen LogP) is 2.92. The number of aryl methyl sites for hydroxylation is 1. The van der Waals surface area contributed by atoms with Crippen molar-refractivity contribution in [3.05, 3.63) is 44.5 Å². The molecule has 0 saturated heterocycles. The molecule has 0 spiro atoms. The number of benzene rings is 1. The number of hydrogen-bond donors (Lipinski definition) is 0. The van der Waals surface area contributed by atoms with Gasteiger partial charge in [-0.1, -0.05) is 11.6 Å². The molecule has 1 aliphatic rings. The number of carbonyl (C=O) groups excluding carboxylic acids is 1. The summed E-state index contributed by atoms with van der Waals surface area (Å²) in [4.78, 5) is 24.5. The number of hydrogen-bond acceptors (Lipinski definition) is 3. The van der Waals surface area contributed by atoms with Crippen LogP contribution < -0.4 is 5.43 Å². The fourth-order valence-corrected chi connectivity index (χ4v) is 3.04. The van der Waals surface area contributed by atoms with Crippen LogP contribution >= 0.6 is 11.6 Å². The van der Waals surface area contributed by atoms with Crippen molar-refractivity contribution in [2.45, 2.75) is 25.8 Å². The number of carbonyl (C=O) groups is 1. The molecule has 2 aromatic rings. The van der Waals surface area contributed by atoms with Crippen LogP contribution in [0.25, 0.3) is 10.9 Å². The number of pyridine rings is 1. The van der Waals surface area contributed by atoms with E-state index in [1.807, 2.05) is 4.57 Å². The molecule has 1 aliphatic heterocycles. The van der Waals surface area contributed by atoms with Crippen molar-refractivity contribution < 1.29 is 13.9 Å². The van der Waals surface area contributed by atoms with Gasteiger partial charge in [-0.25, -0.2) is 9.18 Å². The highest BCUT2D eigenvalue weighted by Crippen LogP contribution is 2.27. The fourth-order valence-electron chi connectivity index (χ4n) is 2.88. The van der Waals surface area contributed by atoms with Crippen LogP contribution in [-0.4, -0.2) is 17.6 Å². The lowest BCUT2D eigenvalue weighted by molar-refractivity contribution is 0.0596. The number of aromatic nitrogens is 1. The molecule has 4 nitrogen and oxygen atoms in total. The van der Waals surface area contributed by atoms with E-state index in [4.69, 9.17) is 16.3 Å². The van der Waals surface area contributed by atoms with E-state index in [-0.39, 0.29) is 16.0 Å². The molecule has 21 heavy (non-hydrogen) atoms. The average Bonchev–Trinajstić information content (AvgIpc) is 2.49. The Bertz CT molecular complexity index is 813. The minimum absolute atomic E-state index is 0.00595. The lowest BCUT2D eigenvalue weighted by Gasteiger charge is -2.23. The highest BCUT2D eigenvalue weighted by molar-refractivity contribution is 6.31. The van der Waals surface area contributed by atoms with Gasteiger partial charge in [0.1, 0.15) is 11.4 Å². The predicted molar refractivity (Wildman–Crippen MR) is 77.5 cm³/mol. The van der Waals surface area contributed by atoms with Gasteiger partial charge in [-0.2, -0.15) is 0 Å². The molecule has 3 rings (SSSR count). The van der Waals surface area contributed by atoms with Crippen molar-refractivity contribution >= 4 is 28.5 Å². The van der Waals surface area contributed by atoms with Gasteiger partial charge in [0.2, 0.25) is 5.43 Å². The Labute approximate surface area is 125 Å². The average molecular weight is 310 g/mol. The van der Waals surface area contributed by atoms with Gasteiger partial charge in [0.25, 0.3) is 0 Å². The van der Waals surface area contributed by atoms with Crippen LogP contribution in [0.2, 0.25) is 5.02 Å². The molecule has 1 aromatic heterocycles. The molecule has 0 saturated carbocycles. The van der Waals surface area contributed by atoms with E-state index in [1.165, 1.54) is 13.2 Å². The summed E-state index contributed by atoms with van der Waals surface area (Å²) >= 11 is 5.83. The van der Waals surface area contributed by atoms with Crippen LogP contribution in [0.3, 0.4) is 0 Å². The summed E-state index contributed by atoms with van der Waals surface area (Å²) in [7, 11) is 1.23. The molecule has 0 amide bonds. The monoisotopic (exact) mass is 309 g/mol. The molecule has 0 bridgehead atoms. The third kappa shape index (κ3) is 2.12. The molecule has 0 fully saturated rings. The highest BCUT2D eigenvalue weighted by Gasteiger charge is 2.25. The van der Waals surface area contributed by atoms with Crippen LogP contribution in [0.15, 0.2) is 16.9 Å². The Morgan fingerprint density at radius 3 is 2.86 bits per heavy atom. The largest absolute Gasteiger partial charge is 0.465 e. The maximum absolute atomic E-state index is 13.7. The minimum Gasteiger partial charge on any atom is -0.465 e. The topological polar surface area (TPSA) is 48.3 Å². The summed E-state index contributed by atoms with van der Waals surface area (Å²) in [5, 5.41) is 0.121. The Morgan fingerprint density at radius 2 is 2.14 bits per heavy atom. The smallest absolute Gasteiger partial charge is 0.343 e.